The van der Waals surface area contributed by atoms with Crippen LogP contribution in [0.15, 0.2) is 29.4 Å². The summed E-state index contributed by atoms with van der Waals surface area (Å²) >= 11 is 1.46. The van der Waals surface area contributed by atoms with Crippen molar-refractivity contribution >= 4 is 23.6 Å². The Hall–Kier alpha value is -2.06. The Kier molecular flexibility index (Phi) is 8.37. The lowest BCUT2D eigenvalue weighted by Crippen LogP contribution is -2.38. The van der Waals surface area contributed by atoms with Crippen molar-refractivity contribution in [3.05, 3.63) is 29.8 Å². The molecular weight excluding hydrogens is 410 g/mol. The minimum Gasteiger partial charge on any atom is -0.378 e. The molecule has 0 radical (unpaired) electrons. The number of rotatable bonds is 9. The van der Waals surface area contributed by atoms with Crippen molar-refractivity contribution in [2.75, 3.05) is 50.0 Å². The Bertz CT molecular complexity index is 851. The Morgan fingerprint density at radius 1 is 1.13 bits per heavy atom. The summed E-state index contributed by atoms with van der Waals surface area (Å²) in [5.74, 6) is 2.20. The van der Waals surface area contributed by atoms with Gasteiger partial charge in [-0.25, -0.2) is 0 Å². The van der Waals surface area contributed by atoms with Gasteiger partial charge in [-0.1, -0.05) is 51.6 Å². The molecule has 0 N–H and O–H groups in total. The molecule has 3 rings (SSSR count). The maximum atomic E-state index is 13.0. The van der Waals surface area contributed by atoms with Gasteiger partial charge in [0.25, 0.3) is 0 Å². The van der Waals surface area contributed by atoms with Crippen molar-refractivity contribution in [2.24, 2.45) is 11.8 Å². The second kappa shape index (κ2) is 11.0. The second-order valence-corrected chi connectivity index (χ2v) is 9.87. The van der Waals surface area contributed by atoms with Crippen molar-refractivity contribution in [2.45, 2.75) is 39.8 Å². The number of aromatic nitrogens is 3. The molecule has 1 aromatic carbocycles. The number of thioether (sulfide) groups is 1. The van der Waals surface area contributed by atoms with E-state index in [0.717, 1.165) is 43.0 Å². The van der Waals surface area contributed by atoms with Crippen molar-refractivity contribution in [1.82, 2.24) is 19.7 Å². The molecule has 0 atom stereocenters. The van der Waals surface area contributed by atoms with Crippen LogP contribution < -0.4 is 4.90 Å². The number of carbonyl (C=O) groups is 1. The highest BCUT2D eigenvalue weighted by Crippen LogP contribution is 2.28. The monoisotopic (exact) mass is 445 g/mol. The maximum Gasteiger partial charge on any atom is 0.233 e. The molecule has 170 valence electrons. The molecule has 0 bridgehead atoms. The predicted molar refractivity (Wildman–Crippen MR) is 126 cm³/mol. The molecule has 7 nitrogen and oxygen atoms in total. The number of aryl methyl sites for hydroxylation is 1. The Labute approximate surface area is 190 Å². The summed E-state index contributed by atoms with van der Waals surface area (Å²) in [5, 5.41) is 9.72. The fourth-order valence-electron chi connectivity index (χ4n) is 3.69. The standard InChI is InChI=1S/C23H35N5O2S/c1-17(2)14-27(15-18(3)4)21(29)16-31-23-25-24-22(26-9-11-30-12-10-26)28(23)20-8-6-7-19(5)13-20/h6-8,13,17-18H,9-12,14-16H2,1-5H3. The van der Waals surface area contributed by atoms with Gasteiger partial charge in [0.15, 0.2) is 5.16 Å². The van der Waals surface area contributed by atoms with Crippen molar-refractivity contribution < 1.29 is 9.53 Å². The Morgan fingerprint density at radius 3 is 2.42 bits per heavy atom. The summed E-state index contributed by atoms with van der Waals surface area (Å²) in [7, 11) is 0. The van der Waals surface area contributed by atoms with E-state index in [0.29, 0.717) is 30.8 Å². The number of ether oxygens (including phenoxy) is 1. The lowest BCUT2D eigenvalue weighted by atomic mass is 10.1. The minimum absolute atomic E-state index is 0.152. The molecule has 2 aromatic rings. The van der Waals surface area contributed by atoms with E-state index in [1.807, 2.05) is 11.0 Å². The van der Waals surface area contributed by atoms with Crippen molar-refractivity contribution in [1.29, 1.82) is 0 Å². The molecule has 1 fully saturated rings. The van der Waals surface area contributed by atoms with Crippen LogP contribution in [-0.2, 0) is 9.53 Å². The van der Waals surface area contributed by atoms with Gasteiger partial charge in [-0.2, -0.15) is 0 Å². The van der Waals surface area contributed by atoms with E-state index in [2.05, 4.69) is 72.5 Å². The first-order chi connectivity index (χ1) is 14.8. The van der Waals surface area contributed by atoms with Crippen LogP contribution in [-0.4, -0.2) is 70.7 Å². The number of carbonyl (C=O) groups excluding carboxylic acids is 1. The van der Waals surface area contributed by atoms with Crippen LogP contribution in [0.4, 0.5) is 5.95 Å². The molecule has 0 unspecified atom stereocenters. The average Bonchev–Trinajstić information content (AvgIpc) is 3.15. The predicted octanol–water partition coefficient (Wildman–Crippen LogP) is 3.65. The molecule has 1 amide bonds. The maximum absolute atomic E-state index is 13.0. The summed E-state index contributed by atoms with van der Waals surface area (Å²) in [6.07, 6.45) is 0. The third kappa shape index (κ3) is 6.46. The Morgan fingerprint density at radius 2 is 1.81 bits per heavy atom. The van der Waals surface area contributed by atoms with Crippen LogP contribution in [0.2, 0.25) is 0 Å². The van der Waals surface area contributed by atoms with Crippen LogP contribution in [0, 0.1) is 18.8 Å². The van der Waals surface area contributed by atoms with E-state index < -0.39 is 0 Å². The van der Waals surface area contributed by atoms with Crippen LogP contribution in [0.25, 0.3) is 5.69 Å². The quantitative estimate of drug-likeness (QED) is 0.549. The van der Waals surface area contributed by atoms with Gasteiger partial charge >= 0.3 is 0 Å². The third-order valence-electron chi connectivity index (χ3n) is 5.02. The summed E-state index contributed by atoms with van der Waals surface area (Å²) < 4.78 is 7.58. The summed E-state index contributed by atoms with van der Waals surface area (Å²) in [6, 6.07) is 8.31. The molecule has 1 saturated heterocycles. The van der Waals surface area contributed by atoms with E-state index in [1.54, 1.807) is 0 Å². The van der Waals surface area contributed by atoms with Gasteiger partial charge < -0.3 is 14.5 Å². The fourth-order valence-corrected chi connectivity index (χ4v) is 4.54. The van der Waals surface area contributed by atoms with E-state index >= 15 is 0 Å². The molecule has 31 heavy (non-hydrogen) atoms. The van der Waals surface area contributed by atoms with Crippen molar-refractivity contribution in [3.8, 4) is 5.69 Å². The van der Waals surface area contributed by atoms with E-state index in [9.17, 15) is 4.79 Å². The van der Waals surface area contributed by atoms with Gasteiger partial charge in [0.05, 0.1) is 24.7 Å². The van der Waals surface area contributed by atoms with Crippen LogP contribution in [0.5, 0.6) is 0 Å². The second-order valence-electron chi connectivity index (χ2n) is 8.93. The van der Waals surface area contributed by atoms with Crippen LogP contribution in [0.3, 0.4) is 0 Å². The van der Waals surface area contributed by atoms with Crippen molar-refractivity contribution in [3.63, 3.8) is 0 Å². The average molecular weight is 446 g/mol. The number of anilines is 1. The lowest BCUT2D eigenvalue weighted by molar-refractivity contribution is -0.129. The van der Waals surface area contributed by atoms with Gasteiger partial charge in [-0.15, -0.1) is 10.2 Å². The molecular formula is C23H35N5O2S. The number of morpholine rings is 1. The molecule has 2 heterocycles. The van der Waals surface area contributed by atoms with Gasteiger partial charge in [0, 0.05) is 26.2 Å². The number of amides is 1. The zero-order valence-corrected chi connectivity index (χ0v) is 20.2. The van der Waals surface area contributed by atoms with Gasteiger partial charge in [-0.05, 0) is 36.5 Å². The van der Waals surface area contributed by atoms with E-state index in [4.69, 9.17) is 4.74 Å². The topological polar surface area (TPSA) is 63.5 Å². The highest BCUT2D eigenvalue weighted by molar-refractivity contribution is 7.99. The number of hydrogen-bond donors (Lipinski definition) is 0. The molecule has 0 saturated carbocycles. The highest BCUT2D eigenvalue weighted by Gasteiger charge is 2.23. The summed E-state index contributed by atoms with van der Waals surface area (Å²) in [5.41, 5.74) is 2.19. The summed E-state index contributed by atoms with van der Waals surface area (Å²) in [6.45, 7) is 15.2. The SMILES string of the molecule is Cc1cccc(-n2c(SCC(=O)N(CC(C)C)CC(C)C)nnc2N2CCOCC2)c1. The zero-order valence-electron chi connectivity index (χ0n) is 19.4. The Balaban J connectivity index is 1.83. The first-order valence-electron chi connectivity index (χ1n) is 11.1. The zero-order chi connectivity index (χ0) is 22.4. The first kappa shape index (κ1) is 23.6. The van der Waals surface area contributed by atoms with Crippen LogP contribution in [0.1, 0.15) is 33.3 Å². The molecule has 0 spiro atoms. The first-order valence-corrected chi connectivity index (χ1v) is 12.1. The molecule has 1 aliphatic heterocycles. The summed E-state index contributed by atoms with van der Waals surface area (Å²) in [4.78, 5) is 17.2. The molecule has 0 aliphatic carbocycles. The number of benzene rings is 1. The van der Waals surface area contributed by atoms with E-state index in [1.165, 1.54) is 17.3 Å². The molecule has 1 aromatic heterocycles. The fraction of sp³-hybridized carbons (Fsp3) is 0.609. The van der Waals surface area contributed by atoms with Gasteiger partial charge in [-0.3, -0.25) is 9.36 Å². The largest absolute Gasteiger partial charge is 0.378 e. The molecule has 8 heteroatoms. The van der Waals surface area contributed by atoms with Crippen LogP contribution >= 0.6 is 11.8 Å². The number of hydrogen-bond acceptors (Lipinski definition) is 6. The normalized spacial score (nSPS) is 14.5. The van der Waals surface area contributed by atoms with Gasteiger partial charge in [0.2, 0.25) is 11.9 Å². The minimum atomic E-state index is 0.152. The number of nitrogens with zero attached hydrogens (tertiary/aromatic N) is 5. The highest BCUT2D eigenvalue weighted by atomic mass is 32.2. The smallest absolute Gasteiger partial charge is 0.233 e. The van der Waals surface area contributed by atoms with E-state index in [-0.39, 0.29) is 5.91 Å². The third-order valence-corrected chi connectivity index (χ3v) is 5.93. The lowest BCUT2D eigenvalue weighted by Gasteiger charge is -2.28. The van der Waals surface area contributed by atoms with Gasteiger partial charge in [0.1, 0.15) is 0 Å². The molecule has 1 aliphatic rings.